The Labute approximate surface area is 150 Å². The molecule has 0 spiro atoms. The number of nitro groups is 1. The maximum Gasteiger partial charge on any atom is 0.312 e. The molecule has 1 aliphatic heterocycles. The van der Waals surface area contributed by atoms with Gasteiger partial charge in [0.05, 0.1) is 16.8 Å². The predicted molar refractivity (Wildman–Crippen MR) is 98.7 cm³/mol. The van der Waals surface area contributed by atoms with Crippen molar-refractivity contribution >= 4 is 14.0 Å². The molecule has 0 amide bonds. The zero-order valence-electron chi connectivity index (χ0n) is 16.0. The molecule has 0 fully saturated rings. The second-order valence-electron chi connectivity index (χ2n) is 6.72. The smallest absolute Gasteiger partial charge is 0.312 e. The third-order valence-corrected chi connectivity index (χ3v) is 10.1. The van der Waals surface area contributed by atoms with Crippen LogP contribution in [0.1, 0.15) is 52.8 Å². The number of aromatic nitrogens is 2. The van der Waals surface area contributed by atoms with E-state index in [0.717, 1.165) is 29.5 Å². The maximum absolute atomic E-state index is 11.3. The molecule has 2 atom stereocenters. The minimum Gasteiger partial charge on any atom is -0.546 e. The molecular weight excluding hydrogens is 338 g/mol. The Morgan fingerprint density at radius 3 is 2.52 bits per heavy atom. The van der Waals surface area contributed by atoms with E-state index in [-0.39, 0.29) is 11.8 Å². The summed E-state index contributed by atoms with van der Waals surface area (Å²) in [6, 6.07) is 3.17. The molecule has 7 nitrogen and oxygen atoms in total. The van der Waals surface area contributed by atoms with Gasteiger partial charge in [-0.15, -0.1) is 0 Å². The zero-order valence-corrected chi connectivity index (χ0v) is 17.0. The first-order valence-corrected chi connectivity index (χ1v) is 11.5. The third kappa shape index (κ3) is 3.79. The Bertz CT molecular complexity index is 659. The number of aryl methyl sites for hydroxylation is 1. The van der Waals surface area contributed by atoms with Crippen molar-refractivity contribution in [2.75, 3.05) is 0 Å². The lowest BCUT2D eigenvalue weighted by atomic mass is 10.0. The van der Waals surface area contributed by atoms with E-state index >= 15 is 0 Å². The number of nitrogens with zero attached hydrogens (tertiary/aromatic N) is 3. The van der Waals surface area contributed by atoms with Gasteiger partial charge in [-0.1, -0.05) is 20.8 Å². The molecule has 2 rings (SSSR count). The number of rotatable bonds is 7. The fourth-order valence-corrected chi connectivity index (χ4v) is 6.11. The van der Waals surface area contributed by atoms with Gasteiger partial charge < -0.3 is 9.16 Å². The average molecular weight is 368 g/mol. The van der Waals surface area contributed by atoms with Gasteiger partial charge in [0.15, 0.2) is 0 Å². The highest BCUT2D eigenvalue weighted by atomic mass is 28.4. The van der Waals surface area contributed by atoms with Crippen molar-refractivity contribution in [3.05, 3.63) is 33.3 Å². The van der Waals surface area contributed by atoms with Crippen molar-refractivity contribution < 1.29 is 14.1 Å². The van der Waals surface area contributed by atoms with Gasteiger partial charge in [-0.2, -0.15) is 5.10 Å². The molecule has 1 aliphatic rings. The van der Waals surface area contributed by atoms with Crippen LogP contribution < -0.4 is 0 Å². The van der Waals surface area contributed by atoms with Gasteiger partial charge in [-0.3, -0.25) is 14.8 Å². The Morgan fingerprint density at radius 1 is 1.40 bits per heavy atom. The second-order valence-corrected chi connectivity index (χ2v) is 11.4. The fourth-order valence-electron chi connectivity index (χ4n) is 3.41. The van der Waals surface area contributed by atoms with Gasteiger partial charge in [0.1, 0.15) is 18.0 Å². The van der Waals surface area contributed by atoms with Crippen LogP contribution in [0.3, 0.4) is 0 Å². The molecule has 0 aromatic carbocycles. The molecule has 0 saturated carbocycles. The molecule has 140 valence electrons. The van der Waals surface area contributed by atoms with E-state index in [0.29, 0.717) is 12.1 Å². The molecule has 2 heterocycles. The molecule has 0 radical (unpaired) electrons. The first-order chi connectivity index (χ1) is 11.8. The lowest BCUT2D eigenvalue weighted by molar-refractivity contribution is -0.386. The normalized spacial score (nSPS) is 21.5. The molecule has 8 heteroatoms. The molecule has 0 unspecified atom stereocenters. The third-order valence-electron chi connectivity index (χ3n) is 5.53. The summed E-state index contributed by atoms with van der Waals surface area (Å²) in [7, 11) is -0.0958. The Kier molecular flexibility index (Phi) is 6.05. The van der Waals surface area contributed by atoms with E-state index in [2.05, 4.69) is 25.9 Å². The summed E-state index contributed by atoms with van der Waals surface area (Å²) >= 11 is 0. The van der Waals surface area contributed by atoms with Gasteiger partial charge in [0.2, 0.25) is 8.32 Å². The van der Waals surface area contributed by atoms with Crippen molar-refractivity contribution in [2.24, 2.45) is 7.05 Å². The van der Waals surface area contributed by atoms with Crippen LogP contribution in [0, 0.1) is 10.1 Å². The van der Waals surface area contributed by atoms with Gasteiger partial charge in [0, 0.05) is 13.5 Å². The van der Waals surface area contributed by atoms with Crippen molar-refractivity contribution in [1.82, 2.24) is 9.78 Å². The summed E-state index contributed by atoms with van der Waals surface area (Å²) in [5.74, 6) is 0.955. The lowest BCUT2D eigenvalue weighted by Crippen LogP contribution is -2.37. The van der Waals surface area contributed by atoms with Crippen LogP contribution >= 0.6 is 0 Å². The van der Waals surface area contributed by atoms with Crippen LogP contribution in [0.2, 0.25) is 18.1 Å². The van der Waals surface area contributed by atoms with Crippen LogP contribution in [-0.2, 0) is 16.2 Å². The minimum atomic E-state index is -1.81. The molecule has 0 N–H and O–H groups in total. The van der Waals surface area contributed by atoms with Crippen LogP contribution in [0.25, 0.3) is 0 Å². The van der Waals surface area contributed by atoms with Crippen LogP contribution in [0.4, 0.5) is 5.69 Å². The summed E-state index contributed by atoms with van der Waals surface area (Å²) in [6.45, 7) is 10.6. The van der Waals surface area contributed by atoms with E-state index in [1.54, 1.807) is 7.05 Å². The number of hydrogen-bond acceptors (Lipinski definition) is 5. The van der Waals surface area contributed by atoms with Crippen LogP contribution in [0.15, 0.2) is 17.5 Å². The summed E-state index contributed by atoms with van der Waals surface area (Å²) in [5, 5.41) is 15.4. The average Bonchev–Trinajstić information content (AvgIpc) is 2.98. The quantitative estimate of drug-likeness (QED) is 0.403. The van der Waals surface area contributed by atoms with E-state index in [4.69, 9.17) is 9.16 Å². The van der Waals surface area contributed by atoms with Crippen LogP contribution in [-0.4, -0.2) is 29.1 Å². The van der Waals surface area contributed by atoms with Crippen molar-refractivity contribution in [3.63, 3.8) is 0 Å². The molecule has 0 saturated heterocycles. The monoisotopic (exact) mass is 367 g/mol. The molecule has 1 aromatic rings. The van der Waals surface area contributed by atoms with Gasteiger partial charge in [0.25, 0.3) is 0 Å². The first-order valence-electron chi connectivity index (χ1n) is 8.98. The first kappa shape index (κ1) is 19.6. The van der Waals surface area contributed by atoms with E-state index in [1.807, 2.05) is 13.8 Å². The minimum absolute atomic E-state index is 0.00332. The molecule has 1 aromatic heterocycles. The Morgan fingerprint density at radius 2 is 2.00 bits per heavy atom. The van der Waals surface area contributed by atoms with Gasteiger partial charge in [-0.25, -0.2) is 0 Å². The SMILES string of the molecule is CC[Si](CC)(CC)OC1=C(C)[C@@H](C)O[C@@H](c2c([N+](=O)[O-])cnn2C)C1. The zero-order chi connectivity index (χ0) is 18.8. The maximum atomic E-state index is 11.3. The van der Waals surface area contributed by atoms with Gasteiger partial charge >= 0.3 is 5.69 Å². The van der Waals surface area contributed by atoms with E-state index in [9.17, 15) is 10.1 Å². The number of hydrogen-bond donors (Lipinski definition) is 0. The Hall–Kier alpha value is -1.67. The van der Waals surface area contributed by atoms with E-state index in [1.165, 1.54) is 10.9 Å². The highest BCUT2D eigenvalue weighted by Gasteiger charge is 2.38. The van der Waals surface area contributed by atoms with Gasteiger partial charge in [-0.05, 0) is 37.6 Å². The number of ether oxygens (including phenoxy) is 1. The lowest BCUT2D eigenvalue weighted by Gasteiger charge is -2.37. The van der Waals surface area contributed by atoms with Crippen LogP contribution in [0.5, 0.6) is 0 Å². The van der Waals surface area contributed by atoms with Crippen molar-refractivity contribution in [3.8, 4) is 0 Å². The van der Waals surface area contributed by atoms with Crippen molar-refractivity contribution in [2.45, 2.75) is 71.4 Å². The topological polar surface area (TPSA) is 79.4 Å². The highest BCUT2D eigenvalue weighted by Crippen LogP contribution is 2.40. The summed E-state index contributed by atoms with van der Waals surface area (Å²) in [5.41, 5.74) is 1.60. The molecular formula is C17H29N3O4Si. The largest absolute Gasteiger partial charge is 0.546 e. The summed E-state index contributed by atoms with van der Waals surface area (Å²) in [4.78, 5) is 10.9. The van der Waals surface area contributed by atoms with Crippen molar-refractivity contribution in [1.29, 1.82) is 0 Å². The summed E-state index contributed by atoms with van der Waals surface area (Å²) in [6.07, 6.45) is 1.25. The Balaban J connectivity index is 2.36. The summed E-state index contributed by atoms with van der Waals surface area (Å²) < 4.78 is 14.2. The molecule has 25 heavy (non-hydrogen) atoms. The predicted octanol–water partition coefficient (Wildman–Crippen LogP) is 4.47. The standard InChI is InChI=1S/C17H29N3O4Si/c1-7-25(8-2,9-3)24-15-10-16(23-13(5)12(15)4)17-14(20(21)22)11-18-19(17)6/h11,13,16H,7-10H2,1-6H3/t13-,16-/m1/s1. The second kappa shape index (κ2) is 7.70. The highest BCUT2D eigenvalue weighted by molar-refractivity contribution is 6.73. The fraction of sp³-hybridized carbons (Fsp3) is 0.706. The van der Waals surface area contributed by atoms with E-state index < -0.39 is 19.3 Å². The molecule has 0 bridgehead atoms. The molecule has 0 aliphatic carbocycles.